The van der Waals surface area contributed by atoms with E-state index in [0.717, 1.165) is 34.6 Å². The summed E-state index contributed by atoms with van der Waals surface area (Å²) in [5.74, 6) is -6.12. The third-order valence-electron chi connectivity index (χ3n) is 6.49. The summed E-state index contributed by atoms with van der Waals surface area (Å²) in [5.41, 5.74) is -0.115. The van der Waals surface area contributed by atoms with Gasteiger partial charge < -0.3 is 9.73 Å². The number of rotatable bonds is 5. The first-order valence-electron chi connectivity index (χ1n) is 12.5. The molecule has 3 heterocycles. The van der Waals surface area contributed by atoms with Crippen LogP contribution in [0.15, 0.2) is 88.7 Å². The second kappa shape index (κ2) is 10.9. The first-order chi connectivity index (χ1) is 20.9. The minimum atomic E-state index is -5.75. The average Bonchev–Trinajstić information content (AvgIpc) is 3.74. The van der Waals surface area contributed by atoms with Crippen molar-refractivity contribution < 1.29 is 40.3 Å². The van der Waals surface area contributed by atoms with Crippen molar-refractivity contribution in [3.63, 3.8) is 0 Å². The Kier molecular flexibility index (Phi) is 7.15. The lowest BCUT2D eigenvalue weighted by Crippen LogP contribution is -2.33. The quantitative estimate of drug-likeness (QED) is 0.207. The lowest BCUT2D eigenvalue weighted by Gasteiger charge is -2.19. The van der Waals surface area contributed by atoms with Crippen molar-refractivity contribution in [3.05, 3.63) is 90.7 Å². The Bertz CT molecular complexity index is 1940. The van der Waals surface area contributed by atoms with Gasteiger partial charge in [0.15, 0.2) is 11.0 Å². The summed E-state index contributed by atoms with van der Waals surface area (Å²) in [6.07, 6.45) is -3.10. The molecule has 224 valence electrons. The molecule has 1 fully saturated rings. The predicted octanol–water partition coefficient (Wildman–Crippen LogP) is 7.14. The molecule has 2 aromatic heterocycles. The summed E-state index contributed by atoms with van der Waals surface area (Å²) in [4.78, 5) is 34.6. The summed E-state index contributed by atoms with van der Waals surface area (Å²) in [6.45, 7) is 0. The van der Waals surface area contributed by atoms with Crippen molar-refractivity contribution in [2.24, 2.45) is 4.99 Å². The van der Waals surface area contributed by atoms with Crippen LogP contribution in [0.1, 0.15) is 5.56 Å². The highest BCUT2D eigenvalue weighted by molar-refractivity contribution is 8.15. The number of alkyl halides is 5. The van der Waals surface area contributed by atoms with Crippen LogP contribution in [0.4, 0.5) is 42.5 Å². The fourth-order valence-electron chi connectivity index (χ4n) is 4.35. The molecule has 1 saturated heterocycles. The summed E-state index contributed by atoms with van der Waals surface area (Å²) in [6, 6.07) is 12.8. The number of amides is 3. The van der Waals surface area contributed by atoms with E-state index in [1.54, 1.807) is 24.3 Å². The minimum Gasteiger partial charge on any atom is -0.464 e. The number of amidine groups is 1. The molecule has 0 saturated carbocycles. The van der Waals surface area contributed by atoms with Crippen LogP contribution >= 0.6 is 11.8 Å². The topological polar surface area (TPSA) is 106 Å². The zero-order chi connectivity index (χ0) is 31.2. The monoisotopic (exact) mass is 630 g/mol. The van der Waals surface area contributed by atoms with Gasteiger partial charge in [0.1, 0.15) is 17.7 Å². The second-order valence-electron chi connectivity index (χ2n) is 9.28. The molecular formula is C28H16F6N6O3S. The molecule has 0 bridgehead atoms. The summed E-state index contributed by atoms with van der Waals surface area (Å²) < 4.78 is 86.5. The summed E-state index contributed by atoms with van der Waals surface area (Å²) in [5, 5.41) is 7.21. The zero-order valence-electron chi connectivity index (χ0n) is 21.8. The van der Waals surface area contributed by atoms with Gasteiger partial charge in [0, 0.05) is 16.5 Å². The molecule has 1 N–H and O–H groups in total. The molecule has 3 aromatic carbocycles. The average molecular weight is 631 g/mol. The van der Waals surface area contributed by atoms with Gasteiger partial charge in [0.05, 0.1) is 29.1 Å². The molecule has 0 unspecified atom stereocenters. The number of hydrogen-bond donors (Lipinski definition) is 1. The number of anilines is 2. The standard InChI is InChI=1S/C28H16F6N6O3S/c29-19-12-15(24-35-14-39(38-24)17-7-5-16(6-8-17)27(30,31)28(32,33)34)4-9-20(19)36-25(42)37-26-40(23(41)13-44-26)21-2-1-3-22-18(21)10-11-43-22/h1-12,14H,13H2,(H,36,42). The molecule has 1 aliphatic heterocycles. The number of hydrogen-bond acceptors (Lipinski definition) is 6. The number of nitrogens with zero attached hydrogens (tertiary/aromatic N) is 5. The number of carbonyl (C=O) groups excluding carboxylic acids is 2. The number of aliphatic imine (C=N–C) groups is 1. The van der Waals surface area contributed by atoms with Crippen molar-refractivity contribution in [1.29, 1.82) is 0 Å². The Morgan fingerprint density at radius 1 is 1.02 bits per heavy atom. The van der Waals surface area contributed by atoms with Crippen LogP contribution in [0.5, 0.6) is 0 Å². The Morgan fingerprint density at radius 3 is 2.52 bits per heavy atom. The van der Waals surface area contributed by atoms with E-state index in [-0.39, 0.29) is 39.6 Å². The van der Waals surface area contributed by atoms with E-state index < -0.39 is 29.5 Å². The summed E-state index contributed by atoms with van der Waals surface area (Å²) >= 11 is 1.05. The number of benzene rings is 3. The molecule has 9 nitrogen and oxygen atoms in total. The number of furan rings is 1. The van der Waals surface area contributed by atoms with Crippen LogP contribution in [0.3, 0.4) is 0 Å². The van der Waals surface area contributed by atoms with E-state index in [4.69, 9.17) is 4.42 Å². The lowest BCUT2D eigenvalue weighted by atomic mass is 10.1. The van der Waals surface area contributed by atoms with Crippen LogP contribution in [0.2, 0.25) is 0 Å². The molecule has 5 aromatic rings. The maximum atomic E-state index is 15.0. The fraction of sp³-hybridized carbons (Fsp3) is 0.107. The smallest absolute Gasteiger partial charge is 0.458 e. The zero-order valence-corrected chi connectivity index (χ0v) is 22.7. The molecule has 0 aliphatic carbocycles. The van der Waals surface area contributed by atoms with Gasteiger partial charge >= 0.3 is 18.1 Å². The molecule has 0 radical (unpaired) electrons. The number of urea groups is 1. The Morgan fingerprint density at radius 2 is 1.80 bits per heavy atom. The van der Waals surface area contributed by atoms with Crippen LogP contribution < -0.4 is 10.2 Å². The Hall–Kier alpha value is -5.12. The van der Waals surface area contributed by atoms with Crippen molar-refractivity contribution in [2.45, 2.75) is 12.1 Å². The third kappa shape index (κ3) is 5.27. The number of carbonyl (C=O) groups is 2. The predicted molar refractivity (Wildman–Crippen MR) is 149 cm³/mol. The van der Waals surface area contributed by atoms with Crippen molar-refractivity contribution in [3.8, 4) is 17.1 Å². The highest BCUT2D eigenvalue weighted by Gasteiger charge is 2.58. The van der Waals surface area contributed by atoms with Gasteiger partial charge in [0.25, 0.3) is 0 Å². The first-order valence-corrected chi connectivity index (χ1v) is 13.5. The van der Waals surface area contributed by atoms with Gasteiger partial charge in [-0.15, -0.1) is 5.10 Å². The second-order valence-corrected chi connectivity index (χ2v) is 10.2. The van der Waals surface area contributed by atoms with E-state index in [1.807, 2.05) is 0 Å². The number of thioether (sulfide) groups is 1. The normalized spacial score (nSPS) is 15.0. The lowest BCUT2D eigenvalue weighted by molar-refractivity contribution is -0.289. The largest absolute Gasteiger partial charge is 0.464 e. The van der Waals surface area contributed by atoms with Gasteiger partial charge in [-0.05, 0) is 48.5 Å². The molecule has 16 heteroatoms. The van der Waals surface area contributed by atoms with Crippen molar-refractivity contribution >= 4 is 51.2 Å². The molecule has 6 rings (SSSR count). The van der Waals surface area contributed by atoms with Gasteiger partial charge in [-0.1, -0.05) is 30.0 Å². The SMILES string of the molecule is O=C(N=C1SCC(=O)N1c1cccc2occc12)Nc1ccc(-c2ncn(-c3ccc(C(F)(F)C(F)(F)F)cc3)n2)cc1F. The van der Waals surface area contributed by atoms with Crippen LogP contribution in [-0.4, -0.2) is 43.8 Å². The molecule has 3 amide bonds. The maximum absolute atomic E-state index is 15.0. The number of halogens is 6. The first kappa shape index (κ1) is 29.0. The van der Waals surface area contributed by atoms with E-state index in [9.17, 15) is 35.9 Å². The third-order valence-corrected chi connectivity index (χ3v) is 7.41. The van der Waals surface area contributed by atoms with E-state index in [0.29, 0.717) is 28.8 Å². The molecule has 0 spiro atoms. The highest BCUT2D eigenvalue weighted by Crippen LogP contribution is 2.44. The number of fused-ring (bicyclic) bond motifs is 1. The van der Waals surface area contributed by atoms with E-state index in [2.05, 4.69) is 20.4 Å². The molecular weight excluding hydrogens is 614 g/mol. The molecule has 0 atom stereocenters. The maximum Gasteiger partial charge on any atom is 0.458 e. The van der Waals surface area contributed by atoms with Gasteiger partial charge in [0.2, 0.25) is 5.91 Å². The van der Waals surface area contributed by atoms with Crippen molar-refractivity contribution in [1.82, 2.24) is 14.8 Å². The fourth-order valence-corrected chi connectivity index (χ4v) is 5.21. The van der Waals surface area contributed by atoms with Crippen LogP contribution in [0.25, 0.3) is 28.0 Å². The highest BCUT2D eigenvalue weighted by atomic mass is 32.2. The van der Waals surface area contributed by atoms with E-state index in [1.165, 1.54) is 29.6 Å². The molecule has 1 aliphatic rings. The van der Waals surface area contributed by atoms with Gasteiger partial charge in [-0.25, -0.2) is 18.9 Å². The Labute approximate surface area is 247 Å². The van der Waals surface area contributed by atoms with Gasteiger partial charge in [-0.2, -0.15) is 26.9 Å². The van der Waals surface area contributed by atoms with E-state index >= 15 is 0 Å². The Balaban J connectivity index is 1.17. The molecule has 44 heavy (non-hydrogen) atoms. The number of aromatic nitrogens is 3. The number of nitrogens with one attached hydrogen (secondary N) is 1. The van der Waals surface area contributed by atoms with Crippen LogP contribution in [-0.2, 0) is 10.7 Å². The van der Waals surface area contributed by atoms with Gasteiger partial charge in [-0.3, -0.25) is 9.69 Å². The minimum absolute atomic E-state index is 0.0108. The van der Waals surface area contributed by atoms with Crippen molar-refractivity contribution in [2.75, 3.05) is 16.0 Å². The van der Waals surface area contributed by atoms with Crippen LogP contribution in [0, 0.1) is 5.82 Å². The summed E-state index contributed by atoms with van der Waals surface area (Å²) in [7, 11) is 0.